The molecular formula is C18H23BrN4. The van der Waals surface area contributed by atoms with Crippen molar-refractivity contribution in [3.05, 3.63) is 58.3 Å². The first kappa shape index (κ1) is 16.1. The Labute approximate surface area is 146 Å². The fourth-order valence-corrected chi connectivity index (χ4v) is 3.19. The van der Waals surface area contributed by atoms with Crippen molar-refractivity contribution in [1.82, 2.24) is 14.8 Å². The first-order valence-corrected chi connectivity index (χ1v) is 8.68. The molecule has 0 aliphatic heterocycles. The lowest BCUT2D eigenvalue weighted by molar-refractivity contribution is 0.461. The molecule has 0 saturated heterocycles. The van der Waals surface area contributed by atoms with Crippen LogP contribution in [0.4, 0.5) is 0 Å². The predicted molar refractivity (Wildman–Crippen MR) is 98.7 cm³/mol. The van der Waals surface area contributed by atoms with Gasteiger partial charge < -0.3 is 14.8 Å². The molecule has 1 aromatic carbocycles. The average molecular weight is 375 g/mol. The van der Waals surface area contributed by atoms with Crippen molar-refractivity contribution < 1.29 is 0 Å². The Morgan fingerprint density at radius 1 is 1.35 bits per heavy atom. The van der Waals surface area contributed by atoms with E-state index in [0.717, 1.165) is 17.0 Å². The molecule has 0 amide bonds. The lowest BCUT2D eigenvalue weighted by Crippen LogP contribution is -2.40. The number of aliphatic imine (C=N–C) groups is 1. The molecule has 0 radical (unpaired) electrons. The number of nitrogens with one attached hydrogen (secondary N) is 1. The molecule has 23 heavy (non-hydrogen) atoms. The Balaban J connectivity index is 1.58. The molecule has 1 fully saturated rings. The summed E-state index contributed by atoms with van der Waals surface area (Å²) in [4.78, 5) is 6.61. The molecule has 1 aliphatic rings. The van der Waals surface area contributed by atoms with Crippen LogP contribution in [0.25, 0.3) is 0 Å². The number of nitrogens with zero attached hydrogens (tertiary/aromatic N) is 3. The Morgan fingerprint density at radius 3 is 2.70 bits per heavy atom. The minimum absolute atomic E-state index is 0.478. The summed E-state index contributed by atoms with van der Waals surface area (Å²) in [5, 5.41) is 3.59. The van der Waals surface area contributed by atoms with Crippen LogP contribution >= 0.6 is 15.9 Å². The van der Waals surface area contributed by atoms with Crippen molar-refractivity contribution >= 4 is 21.9 Å². The van der Waals surface area contributed by atoms with Gasteiger partial charge in [-0.2, -0.15) is 0 Å². The van der Waals surface area contributed by atoms with Gasteiger partial charge in [0, 0.05) is 49.5 Å². The topological polar surface area (TPSA) is 32.6 Å². The summed E-state index contributed by atoms with van der Waals surface area (Å²) in [6.45, 7) is 0.846. The first-order chi connectivity index (χ1) is 11.1. The molecule has 2 atom stereocenters. The standard InChI is InChI=1S/C18H23BrN4/c1-20-18(23(3)12-15-5-4-10-22(15)2)21-17-11-16(17)13-6-8-14(19)9-7-13/h4-10,16-17H,11-12H2,1-3H3,(H,20,21). The summed E-state index contributed by atoms with van der Waals surface area (Å²) in [5.41, 5.74) is 2.67. The van der Waals surface area contributed by atoms with Crippen molar-refractivity contribution in [3.63, 3.8) is 0 Å². The highest BCUT2D eigenvalue weighted by Gasteiger charge is 2.39. The van der Waals surface area contributed by atoms with E-state index >= 15 is 0 Å². The number of guanidine groups is 1. The highest BCUT2D eigenvalue weighted by Crippen LogP contribution is 2.41. The van der Waals surface area contributed by atoms with E-state index < -0.39 is 0 Å². The number of halogens is 1. The zero-order chi connectivity index (χ0) is 16.4. The predicted octanol–water partition coefficient (Wildman–Crippen LogP) is 3.35. The Bertz CT molecular complexity index is 689. The van der Waals surface area contributed by atoms with Crippen LogP contribution in [0, 0.1) is 0 Å². The Kier molecular flexibility index (Phi) is 4.76. The lowest BCUT2D eigenvalue weighted by atomic mass is 10.1. The van der Waals surface area contributed by atoms with Gasteiger partial charge in [0.2, 0.25) is 0 Å². The zero-order valence-corrected chi connectivity index (χ0v) is 15.4. The molecule has 1 saturated carbocycles. The summed E-state index contributed by atoms with van der Waals surface area (Å²) < 4.78 is 3.27. The van der Waals surface area contributed by atoms with Gasteiger partial charge in [0.15, 0.2) is 5.96 Å². The van der Waals surface area contributed by atoms with Crippen LogP contribution in [0.1, 0.15) is 23.6 Å². The second kappa shape index (κ2) is 6.79. The van der Waals surface area contributed by atoms with Crippen LogP contribution in [-0.2, 0) is 13.6 Å². The van der Waals surface area contributed by atoms with Gasteiger partial charge >= 0.3 is 0 Å². The monoisotopic (exact) mass is 374 g/mol. The third kappa shape index (κ3) is 3.78. The number of aromatic nitrogens is 1. The molecule has 0 bridgehead atoms. The number of hydrogen-bond donors (Lipinski definition) is 1. The quantitative estimate of drug-likeness (QED) is 0.657. The zero-order valence-electron chi connectivity index (χ0n) is 13.8. The van der Waals surface area contributed by atoms with Crippen LogP contribution in [0.3, 0.4) is 0 Å². The summed E-state index contributed by atoms with van der Waals surface area (Å²) in [6.07, 6.45) is 3.24. The molecule has 5 heteroatoms. The fourth-order valence-electron chi connectivity index (χ4n) is 2.92. The van der Waals surface area contributed by atoms with Gasteiger partial charge in [-0.15, -0.1) is 0 Å². The van der Waals surface area contributed by atoms with Gasteiger partial charge in [0.25, 0.3) is 0 Å². The molecule has 0 spiro atoms. The van der Waals surface area contributed by atoms with Crippen molar-refractivity contribution in [2.45, 2.75) is 24.9 Å². The summed E-state index contributed by atoms with van der Waals surface area (Å²) in [5.74, 6) is 1.54. The van der Waals surface area contributed by atoms with Gasteiger partial charge in [-0.05, 0) is 36.2 Å². The van der Waals surface area contributed by atoms with Crippen LogP contribution in [0.2, 0.25) is 0 Å². The number of rotatable bonds is 4. The number of aryl methyl sites for hydroxylation is 1. The maximum atomic E-state index is 4.44. The normalized spacial score (nSPS) is 20.4. The maximum Gasteiger partial charge on any atom is 0.193 e. The van der Waals surface area contributed by atoms with E-state index in [9.17, 15) is 0 Å². The van der Waals surface area contributed by atoms with Crippen molar-refractivity contribution in [3.8, 4) is 0 Å². The molecule has 1 aliphatic carbocycles. The molecule has 1 aromatic heterocycles. The summed E-state index contributed by atoms with van der Waals surface area (Å²) in [6, 6.07) is 13.3. The second-order valence-corrected chi connectivity index (χ2v) is 7.07. The molecule has 1 N–H and O–H groups in total. The van der Waals surface area contributed by atoms with E-state index in [-0.39, 0.29) is 0 Å². The molecule has 1 heterocycles. The highest BCUT2D eigenvalue weighted by molar-refractivity contribution is 9.10. The Hall–Kier alpha value is -1.75. The van der Waals surface area contributed by atoms with E-state index in [2.05, 4.69) is 92.4 Å². The molecule has 2 unspecified atom stereocenters. The van der Waals surface area contributed by atoms with Crippen LogP contribution in [-0.4, -0.2) is 35.6 Å². The van der Waals surface area contributed by atoms with Gasteiger partial charge in [-0.1, -0.05) is 28.1 Å². The van der Waals surface area contributed by atoms with Crippen LogP contribution < -0.4 is 5.32 Å². The highest BCUT2D eigenvalue weighted by atomic mass is 79.9. The molecule has 4 nitrogen and oxygen atoms in total. The van der Waals surface area contributed by atoms with Crippen molar-refractivity contribution in [2.24, 2.45) is 12.0 Å². The van der Waals surface area contributed by atoms with Crippen molar-refractivity contribution in [2.75, 3.05) is 14.1 Å². The van der Waals surface area contributed by atoms with E-state index in [1.807, 2.05) is 7.05 Å². The fraction of sp³-hybridized carbons (Fsp3) is 0.389. The largest absolute Gasteiger partial charge is 0.353 e. The average Bonchev–Trinajstić information content (AvgIpc) is 3.20. The van der Waals surface area contributed by atoms with Gasteiger partial charge in [0.05, 0.1) is 6.54 Å². The van der Waals surface area contributed by atoms with Gasteiger partial charge in [0.1, 0.15) is 0 Å². The molecule has 2 aromatic rings. The maximum absolute atomic E-state index is 4.44. The third-order valence-corrected chi connectivity index (χ3v) is 4.96. The smallest absolute Gasteiger partial charge is 0.193 e. The second-order valence-electron chi connectivity index (χ2n) is 6.16. The van der Waals surface area contributed by atoms with Gasteiger partial charge in [-0.25, -0.2) is 0 Å². The third-order valence-electron chi connectivity index (χ3n) is 4.43. The van der Waals surface area contributed by atoms with Crippen LogP contribution in [0.5, 0.6) is 0 Å². The number of benzene rings is 1. The van der Waals surface area contributed by atoms with E-state index in [0.29, 0.717) is 12.0 Å². The molecule has 3 rings (SSSR count). The van der Waals surface area contributed by atoms with Gasteiger partial charge in [-0.3, -0.25) is 4.99 Å². The lowest BCUT2D eigenvalue weighted by Gasteiger charge is -2.22. The first-order valence-electron chi connectivity index (χ1n) is 7.88. The van der Waals surface area contributed by atoms with Crippen molar-refractivity contribution in [1.29, 1.82) is 0 Å². The van der Waals surface area contributed by atoms with Crippen LogP contribution in [0.15, 0.2) is 52.1 Å². The molecule has 122 valence electrons. The molecular weight excluding hydrogens is 352 g/mol. The Morgan fingerprint density at radius 2 is 2.09 bits per heavy atom. The summed E-state index contributed by atoms with van der Waals surface area (Å²) in [7, 11) is 6.00. The number of hydrogen-bond acceptors (Lipinski definition) is 1. The summed E-state index contributed by atoms with van der Waals surface area (Å²) >= 11 is 3.49. The minimum Gasteiger partial charge on any atom is -0.353 e. The van der Waals surface area contributed by atoms with E-state index in [1.165, 1.54) is 17.7 Å². The minimum atomic E-state index is 0.478. The SMILES string of the molecule is CN=C(NC1CC1c1ccc(Br)cc1)N(C)Cc1cccn1C. The van der Waals surface area contributed by atoms with E-state index in [4.69, 9.17) is 0 Å². The van der Waals surface area contributed by atoms with E-state index in [1.54, 1.807) is 0 Å².